The van der Waals surface area contributed by atoms with Gasteiger partial charge in [0.05, 0.1) is 11.0 Å². The first kappa shape index (κ1) is 34.4. The van der Waals surface area contributed by atoms with E-state index in [0.29, 0.717) is 23.0 Å². The van der Waals surface area contributed by atoms with E-state index in [-0.39, 0.29) is 31.2 Å². The van der Waals surface area contributed by atoms with Gasteiger partial charge in [-0.1, -0.05) is 44.9 Å². The Morgan fingerprint density at radius 3 is 2.23 bits per heavy atom. The number of nitrogens with one attached hydrogen (secondary N) is 5. The molecule has 1 saturated carbocycles. The second-order valence-electron chi connectivity index (χ2n) is 13.3. The largest absolute Gasteiger partial charge is 0.481 e. The van der Waals surface area contributed by atoms with Gasteiger partial charge in [0, 0.05) is 23.9 Å². The molecule has 2 aliphatic heterocycles. The molecule has 3 fully saturated rings. The standard InChI is InChI=1S/C33H43BrN6O7/c1-17(2)14-22-29(43)36-23(15-20-19-10-5-6-11-21(19)35-28(20)34)30(44)38-24(16-26(41)42)33(47)40-13-7-12-25(40)31(45)39-27(32(46)37-22)18-8-3-4-9-18/h5-6,10-11,17-18,22-25,27,35H,3-4,7-9,12-16H2,1-2H3,(H,36,43)(H,37,46)(H,38,44)(H,39,45)(H,41,42)/t22-,23-,24+,25-,27+/m0/s1. The summed E-state index contributed by atoms with van der Waals surface area (Å²) in [4.78, 5) is 85.9. The second-order valence-corrected chi connectivity index (χ2v) is 14.1. The lowest BCUT2D eigenvalue weighted by atomic mass is 9.95. The van der Waals surface area contributed by atoms with Gasteiger partial charge in [-0.05, 0) is 71.5 Å². The number of nitrogens with zero attached hydrogens (tertiary/aromatic N) is 1. The fourth-order valence-electron chi connectivity index (χ4n) is 7.10. The minimum atomic E-state index is -1.49. The predicted molar refractivity (Wildman–Crippen MR) is 176 cm³/mol. The summed E-state index contributed by atoms with van der Waals surface area (Å²) in [7, 11) is 0. The summed E-state index contributed by atoms with van der Waals surface area (Å²) < 4.78 is 0.603. The van der Waals surface area contributed by atoms with Crippen LogP contribution in [0.25, 0.3) is 10.9 Å². The molecular formula is C33H43BrN6O7. The van der Waals surface area contributed by atoms with Gasteiger partial charge in [-0.25, -0.2) is 0 Å². The molecule has 47 heavy (non-hydrogen) atoms. The Morgan fingerprint density at radius 2 is 1.53 bits per heavy atom. The molecule has 1 aromatic heterocycles. The number of hydrogen-bond acceptors (Lipinski definition) is 6. The van der Waals surface area contributed by atoms with Gasteiger partial charge in [0.25, 0.3) is 0 Å². The van der Waals surface area contributed by atoms with Gasteiger partial charge in [-0.3, -0.25) is 28.8 Å². The van der Waals surface area contributed by atoms with Gasteiger partial charge in [0.2, 0.25) is 29.5 Å². The number of aromatic nitrogens is 1. The summed E-state index contributed by atoms with van der Waals surface area (Å²) in [6.45, 7) is 4.02. The predicted octanol–water partition coefficient (Wildman–Crippen LogP) is 2.13. The molecule has 1 aromatic carbocycles. The Labute approximate surface area is 281 Å². The quantitative estimate of drug-likeness (QED) is 0.253. The summed E-state index contributed by atoms with van der Waals surface area (Å²) in [5, 5.41) is 21.7. The maximum absolute atomic E-state index is 14.0. The number of fused-ring (bicyclic) bond motifs is 2. The van der Waals surface area contributed by atoms with E-state index in [2.05, 4.69) is 42.2 Å². The van der Waals surface area contributed by atoms with Gasteiger partial charge in [0.15, 0.2) is 0 Å². The number of para-hydroxylation sites is 1. The van der Waals surface area contributed by atoms with Crippen LogP contribution in [0.5, 0.6) is 0 Å². The SMILES string of the molecule is CC(C)C[C@@H]1NC(=O)[C@@H](C2CCCC2)NC(=O)[C@@H]2CCCN2C(=O)[C@@H](CC(=O)O)NC(=O)[C@H](Cc2c(Br)[nH]c3ccccc23)NC1=O. The number of aliphatic carboxylic acids is 1. The highest BCUT2D eigenvalue weighted by atomic mass is 79.9. The third-order valence-corrected chi connectivity index (χ3v) is 10.1. The van der Waals surface area contributed by atoms with Gasteiger partial charge < -0.3 is 36.3 Å². The highest BCUT2D eigenvalue weighted by Gasteiger charge is 2.42. The van der Waals surface area contributed by atoms with Crippen molar-refractivity contribution in [3.63, 3.8) is 0 Å². The molecule has 0 unspecified atom stereocenters. The van der Waals surface area contributed by atoms with E-state index < -0.39 is 72.1 Å². The average molecular weight is 716 g/mol. The minimum Gasteiger partial charge on any atom is -0.481 e. The molecular weight excluding hydrogens is 672 g/mol. The van der Waals surface area contributed by atoms with Crippen LogP contribution in [-0.4, -0.2) is 87.2 Å². The molecule has 5 atom stereocenters. The third kappa shape index (κ3) is 7.96. The first-order valence-corrected chi connectivity index (χ1v) is 17.2. The summed E-state index contributed by atoms with van der Waals surface area (Å²) in [6.07, 6.45) is 3.65. The molecule has 0 bridgehead atoms. The normalized spacial score (nSPS) is 26.8. The van der Waals surface area contributed by atoms with E-state index in [0.717, 1.165) is 36.6 Å². The first-order valence-electron chi connectivity index (χ1n) is 16.4. The van der Waals surface area contributed by atoms with Crippen molar-refractivity contribution in [2.45, 2.75) is 102 Å². The Balaban J connectivity index is 1.56. The van der Waals surface area contributed by atoms with Gasteiger partial charge in [0.1, 0.15) is 30.2 Å². The number of benzene rings is 1. The number of carboxylic acid groups (broad SMARTS) is 1. The number of carboxylic acids is 1. The molecule has 5 rings (SSSR count). The number of carbonyl (C=O) groups is 6. The second kappa shape index (κ2) is 14.9. The smallest absolute Gasteiger partial charge is 0.305 e. The molecule has 2 saturated heterocycles. The molecule has 0 spiro atoms. The molecule has 3 heterocycles. The number of H-pyrrole nitrogens is 1. The number of amides is 5. The average Bonchev–Trinajstić information content (AvgIpc) is 3.78. The zero-order valence-electron chi connectivity index (χ0n) is 26.6. The molecule has 6 N–H and O–H groups in total. The van der Waals surface area contributed by atoms with Crippen LogP contribution < -0.4 is 21.3 Å². The first-order chi connectivity index (χ1) is 22.4. The highest BCUT2D eigenvalue weighted by molar-refractivity contribution is 9.10. The number of rotatable bonds is 7. The van der Waals surface area contributed by atoms with Gasteiger partial charge in [-0.2, -0.15) is 0 Å². The molecule has 0 radical (unpaired) electrons. The van der Waals surface area contributed by atoms with Crippen molar-refractivity contribution in [1.29, 1.82) is 0 Å². The maximum Gasteiger partial charge on any atom is 0.305 e. The molecule has 2 aromatic rings. The Morgan fingerprint density at radius 1 is 0.872 bits per heavy atom. The number of carbonyl (C=O) groups excluding carboxylic acids is 5. The molecule has 254 valence electrons. The van der Waals surface area contributed by atoms with E-state index in [1.807, 2.05) is 38.1 Å². The van der Waals surface area contributed by atoms with Crippen LogP contribution in [0.15, 0.2) is 28.9 Å². The molecule has 5 amide bonds. The van der Waals surface area contributed by atoms with Crippen LogP contribution in [-0.2, 0) is 35.2 Å². The van der Waals surface area contributed by atoms with E-state index in [9.17, 15) is 33.9 Å². The topological polar surface area (TPSA) is 190 Å². The summed E-state index contributed by atoms with van der Waals surface area (Å²) in [5.41, 5.74) is 1.50. The van der Waals surface area contributed by atoms with Crippen molar-refractivity contribution < 1.29 is 33.9 Å². The zero-order chi connectivity index (χ0) is 33.8. The van der Waals surface area contributed by atoms with Crippen LogP contribution in [0.1, 0.15) is 70.8 Å². The summed E-state index contributed by atoms with van der Waals surface area (Å²) >= 11 is 3.53. The van der Waals surface area contributed by atoms with Crippen LogP contribution in [0.2, 0.25) is 0 Å². The van der Waals surface area contributed by atoms with Crippen LogP contribution >= 0.6 is 15.9 Å². The lowest BCUT2D eigenvalue weighted by Crippen LogP contribution is -2.59. The van der Waals surface area contributed by atoms with Crippen LogP contribution in [0.4, 0.5) is 0 Å². The Hall–Kier alpha value is -3.94. The zero-order valence-corrected chi connectivity index (χ0v) is 28.2. The molecule has 14 heteroatoms. The minimum absolute atomic E-state index is 0.00439. The fraction of sp³-hybridized carbons (Fsp3) is 0.576. The Bertz CT molecular complexity index is 1540. The van der Waals surface area contributed by atoms with E-state index in [4.69, 9.17) is 0 Å². The number of aromatic amines is 1. The lowest BCUT2D eigenvalue weighted by Gasteiger charge is -2.31. The summed E-state index contributed by atoms with van der Waals surface area (Å²) in [5.74, 6) is -4.52. The molecule has 13 nitrogen and oxygen atoms in total. The van der Waals surface area contributed by atoms with E-state index in [1.54, 1.807) is 0 Å². The van der Waals surface area contributed by atoms with Crippen molar-refractivity contribution in [1.82, 2.24) is 31.2 Å². The third-order valence-electron chi connectivity index (χ3n) is 9.43. The lowest BCUT2D eigenvalue weighted by molar-refractivity contribution is -0.146. The van der Waals surface area contributed by atoms with Gasteiger partial charge >= 0.3 is 5.97 Å². The number of hydrogen-bond donors (Lipinski definition) is 6. The molecule has 3 aliphatic rings. The van der Waals surface area contributed by atoms with Crippen molar-refractivity contribution >= 4 is 62.3 Å². The fourth-order valence-corrected chi connectivity index (χ4v) is 7.69. The molecule has 1 aliphatic carbocycles. The van der Waals surface area contributed by atoms with Crippen LogP contribution in [0, 0.1) is 11.8 Å². The monoisotopic (exact) mass is 714 g/mol. The van der Waals surface area contributed by atoms with Gasteiger partial charge in [-0.15, -0.1) is 0 Å². The van der Waals surface area contributed by atoms with E-state index >= 15 is 0 Å². The van der Waals surface area contributed by atoms with E-state index in [1.165, 1.54) is 4.90 Å². The Kier molecular flexibility index (Phi) is 10.9. The van der Waals surface area contributed by atoms with Crippen LogP contribution in [0.3, 0.4) is 0 Å². The van der Waals surface area contributed by atoms with Crippen molar-refractivity contribution in [3.05, 3.63) is 34.4 Å². The van der Waals surface area contributed by atoms with Crippen molar-refractivity contribution in [2.24, 2.45) is 11.8 Å². The summed E-state index contributed by atoms with van der Waals surface area (Å²) in [6, 6.07) is 1.87. The van der Waals surface area contributed by atoms with Crippen molar-refractivity contribution in [2.75, 3.05) is 6.54 Å². The number of halogens is 1. The van der Waals surface area contributed by atoms with Crippen molar-refractivity contribution in [3.8, 4) is 0 Å². The maximum atomic E-state index is 14.0. The highest BCUT2D eigenvalue weighted by Crippen LogP contribution is 2.30.